The van der Waals surface area contributed by atoms with E-state index >= 15 is 0 Å². The Balaban J connectivity index is 2.74. The van der Waals surface area contributed by atoms with E-state index in [-0.39, 0.29) is 6.04 Å². The van der Waals surface area contributed by atoms with E-state index in [1.807, 2.05) is 6.92 Å². The molecule has 0 bridgehead atoms. The molecule has 1 atom stereocenters. The lowest BCUT2D eigenvalue weighted by Gasteiger charge is -2.10. The number of hydrogen-bond donors (Lipinski definition) is 1. The van der Waals surface area contributed by atoms with Gasteiger partial charge in [0.1, 0.15) is 5.75 Å². The zero-order valence-corrected chi connectivity index (χ0v) is 9.92. The first-order valence-electron chi connectivity index (χ1n) is 5.58. The number of hydrogen-bond acceptors (Lipinski definition) is 2. The lowest BCUT2D eigenvalue weighted by Crippen LogP contribution is -2.15. The molecular formula is C13H21NO. The van der Waals surface area contributed by atoms with E-state index in [0.29, 0.717) is 0 Å². The first kappa shape index (κ1) is 12.1. The van der Waals surface area contributed by atoms with Crippen LogP contribution in [0.3, 0.4) is 0 Å². The molecule has 0 saturated carbocycles. The van der Waals surface area contributed by atoms with Crippen molar-refractivity contribution in [2.75, 3.05) is 7.11 Å². The van der Waals surface area contributed by atoms with Gasteiger partial charge in [-0.1, -0.05) is 19.1 Å². The second-order valence-electron chi connectivity index (χ2n) is 4.02. The molecule has 84 valence electrons. The Morgan fingerprint density at radius 2 is 2.13 bits per heavy atom. The van der Waals surface area contributed by atoms with Crippen molar-refractivity contribution in [2.24, 2.45) is 5.73 Å². The molecule has 2 N–H and O–H groups in total. The van der Waals surface area contributed by atoms with Crippen LogP contribution in [-0.4, -0.2) is 13.2 Å². The number of ether oxygens (including phenoxy) is 1. The highest BCUT2D eigenvalue weighted by Gasteiger charge is 2.03. The van der Waals surface area contributed by atoms with Gasteiger partial charge in [-0.3, -0.25) is 0 Å². The number of rotatable bonds is 5. The van der Waals surface area contributed by atoms with Gasteiger partial charge in [0, 0.05) is 6.04 Å². The van der Waals surface area contributed by atoms with E-state index in [9.17, 15) is 0 Å². The van der Waals surface area contributed by atoms with Crippen molar-refractivity contribution < 1.29 is 4.74 Å². The molecule has 2 nitrogen and oxygen atoms in total. The summed E-state index contributed by atoms with van der Waals surface area (Å²) in [5.74, 6) is 0.988. The Morgan fingerprint density at radius 1 is 1.40 bits per heavy atom. The van der Waals surface area contributed by atoms with Crippen molar-refractivity contribution >= 4 is 0 Å². The van der Waals surface area contributed by atoms with Gasteiger partial charge in [-0.2, -0.15) is 0 Å². The van der Waals surface area contributed by atoms with Gasteiger partial charge in [0.05, 0.1) is 7.11 Å². The zero-order valence-electron chi connectivity index (χ0n) is 9.92. The molecule has 1 unspecified atom stereocenters. The summed E-state index contributed by atoms with van der Waals surface area (Å²) in [7, 11) is 1.72. The average Bonchev–Trinajstić information content (AvgIpc) is 2.25. The van der Waals surface area contributed by atoms with Gasteiger partial charge in [-0.25, -0.2) is 0 Å². The van der Waals surface area contributed by atoms with Crippen LogP contribution in [0.4, 0.5) is 0 Å². The van der Waals surface area contributed by atoms with E-state index < -0.39 is 0 Å². The first-order chi connectivity index (χ1) is 7.17. The summed E-state index contributed by atoms with van der Waals surface area (Å²) in [4.78, 5) is 0. The van der Waals surface area contributed by atoms with Gasteiger partial charge in [0.15, 0.2) is 0 Å². The summed E-state index contributed by atoms with van der Waals surface area (Å²) < 4.78 is 5.29. The number of methoxy groups -OCH3 is 1. The van der Waals surface area contributed by atoms with E-state index in [4.69, 9.17) is 10.5 Å². The smallest absolute Gasteiger partial charge is 0.122 e. The summed E-state index contributed by atoms with van der Waals surface area (Å²) in [5, 5.41) is 0. The molecular weight excluding hydrogens is 186 g/mol. The van der Waals surface area contributed by atoms with Gasteiger partial charge in [0.25, 0.3) is 0 Å². The van der Waals surface area contributed by atoms with Crippen molar-refractivity contribution in [3.05, 3.63) is 29.3 Å². The van der Waals surface area contributed by atoms with Gasteiger partial charge in [-0.15, -0.1) is 0 Å². The topological polar surface area (TPSA) is 35.2 Å². The quantitative estimate of drug-likeness (QED) is 0.805. The molecule has 15 heavy (non-hydrogen) atoms. The molecule has 0 heterocycles. The van der Waals surface area contributed by atoms with Crippen LogP contribution in [0.5, 0.6) is 5.75 Å². The van der Waals surface area contributed by atoms with Crippen molar-refractivity contribution in [3.63, 3.8) is 0 Å². The molecule has 1 aromatic rings. The number of aryl methyl sites for hydroxylation is 2. The van der Waals surface area contributed by atoms with Crippen LogP contribution in [0.15, 0.2) is 18.2 Å². The highest BCUT2D eigenvalue weighted by Crippen LogP contribution is 2.21. The largest absolute Gasteiger partial charge is 0.496 e. The van der Waals surface area contributed by atoms with Crippen molar-refractivity contribution in [1.82, 2.24) is 0 Å². The van der Waals surface area contributed by atoms with Gasteiger partial charge in [0.2, 0.25) is 0 Å². The van der Waals surface area contributed by atoms with Crippen LogP contribution in [0.25, 0.3) is 0 Å². The molecule has 0 aliphatic carbocycles. The van der Waals surface area contributed by atoms with Gasteiger partial charge < -0.3 is 10.5 Å². The Bertz CT molecular complexity index is 307. The predicted octanol–water partition coefficient (Wildman–Crippen LogP) is 2.54. The monoisotopic (exact) mass is 207 g/mol. The third-order valence-corrected chi connectivity index (χ3v) is 2.61. The molecule has 0 saturated heterocycles. The molecule has 0 aliphatic rings. The summed E-state index contributed by atoms with van der Waals surface area (Å²) >= 11 is 0. The fourth-order valence-electron chi connectivity index (χ4n) is 1.66. The standard InChI is InChI=1S/C13H21NO/c1-4-12-9-11(6-5-10(2)14)7-8-13(12)15-3/h7-10H,4-6,14H2,1-3H3. The fraction of sp³-hybridized carbons (Fsp3) is 0.538. The Morgan fingerprint density at radius 3 is 2.67 bits per heavy atom. The van der Waals surface area contributed by atoms with Crippen LogP contribution in [0.1, 0.15) is 31.4 Å². The van der Waals surface area contributed by atoms with Crippen molar-refractivity contribution in [2.45, 2.75) is 39.2 Å². The predicted molar refractivity (Wildman–Crippen MR) is 64.3 cm³/mol. The maximum atomic E-state index is 5.74. The molecule has 0 fully saturated rings. The van der Waals surface area contributed by atoms with Crippen LogP contribution >= 0.6 is 0 Å². The minimum Gasteiger partial charge on any atom is -0.496 e. The molecule has 0 spiro atoms. The zero-order chi connectivity index (χ0) is 11.3. The molecule has 0 aromatic heterocycles. The van der Waals surface area contributed by atoms with E-state index in [2.05, 4.69) is 25.1 Å². The van der Waals surface area contributed by atoms with E-state index in [1.165, 1.54) is 11.1 Å². The molecule has 0 radical (unpaired) electrons. The average molecular weight is 207 g/mol. The van der Waals surface area contributed by atoms with E-state index in [0.717, 1.165) is 25.0 Å². The van der Waals surface area contributed by atoms with Crippen molar-refractivity contribution in [3.8, 4) is 5.75 Å². The lowest BCUT2D eigenvalue weighted by molar-refractivity contribution is 0.410. The third-order valence-electron chi connectivity index (χ3n) is 2.61. The molecule has 1 aromatic carbocycles. The first-order valence-corrected chi connectivity index (χ1v) is 5.58. The van der Waals surface area contributed by atoms with Gasteiger partial charge >= 0.3 is 0 Å². The summed E-state index contributed by atoms with van der Waals surface area (Å²) in [5.41, 5.74) is 8.37. The van der Waals surface area contributed by atoms with Gasteiger partial charge in [-0.05, 0) is 43.4 Å². The van der Waals surface area contributed by atoms with E-state index in [1.54, 1.807) is 7.11 Å². The van der Waals surface area contributed by atoms with Crippen molar-refractivity contribution in [1.29, 1.82) is 0 Å². The lowest BCUT2D eigenvalue weighted by atomic mass is 10.0. The SMILES string of the molecule is CCc1cc(CCC(C)N)ccc1OC. The maximum absolute atomic E-state index is 5.74. The second kappa shape index (κ2) is 5.76. The highest BCUT2D eigenvalue weighted by atomic mass is 16.5. The maximum Gasteiger partial charge on any atom is 0.122 e. The molecule has 0 aliphatic heterocycles. The number of nitrogens with two attached hydrogens (primary N) is 1. The summed E-state index contributed by atoms with van der Waals surface area (Å²) in [6.45, 7) is 4.19. The second-order valence-corrected chi connectivity index (χ2v) is 4.02. The fourth-order valence-corrected chi connectivity index (χ4v) is 1.66. The highest BCUT2D eigenvalue weighted by molar-refractivity contribution is 5.37. The Hall–Kier alpha value is -1.02. The molecule has 0 amide bonds. The minimum atomic E-state index is 0.275. The van der Waals surface area contributed by atoms with Crippen LogP contribution < -0.4 is 10.5 Å². The third kappa shape index (κ3) is 3.56. The summed E-state index contributed by atoms with van der Waals surface area (Å²) in [6.07, 6.45) is 3.10. The normalized spacial score (nSPS) is 12.5. The van der Waals surface area contributed by atoms with Crippen LogP contribution in [0.2, 0.25) is 0 Å². The number of benzene rings is 1. The molecule has 2 heteroatoms. The summed E-state index contributed by atoms with van der Waals surface area (Å²) in [6, 6.07) is 6.67. The van der Waals surface area contributed by atoms with Crippen LogP contribution in [0, 0.1) is 0 Å². The molecule has 1 rings (SSSR count). The Kier molecular flexibility index (Phi) is 4.63. The Labute approximate surface area is 92.4 Å². The minimum absolute atomic E-state index is 0.275. The van der Waals surface area contributed by atoms with Crippen LogP contribution in [-0.2, 0) is 12.8 Å².